The van der Waals surface area contributed by atoms with E-state index < -0.39 is 0 Å². The molecule has 0 radical (unpaired) electrons. The van der Waals surface area contributed by atoms with Crippen LogP contribution in [0.4, 0.5) is 23.0 Å². The van der Waals surface area contributed by atoms with E-state index in [1.54, 1.807) is 4.52 Å². The van der Waals surface area contributed by atoms with Gasteiger partial charge in [0.1, 0.15) is 0 Å². The molecule has 2 aromatic carbocycles. The van der Waals surface area contributed by atoms with Crippen LogP contribution >= 0.6 is 0 Å². The Bertz CT molecular complexity index is 1950. The van der Waals surface area contributed by atoms with Crippen LogP contribution in [0.3, 0.4) is 0 Å². The Morgan fingerprint density at radius 3 is 2.11 bits per heavy atom. The smallest absolute Gasteiger partial charge is 0.201 e. The molecule has 6 aromatic rings. The Morgan fingerprint density at radius 1 is 0.783 bits per heavy atom. The largest absolute Gasteiger partial charge is 0.385 e. The normalized spacial score (nSPS) is 14.7. The topological polar surface area (TPSA) is 126 Å². The van der Waals surface area contributed by atoms with Gasteiger partial charge >= 0.3 is 0 Å². The lowest BCUT2D eigenvalue weighted by molar-refractivity contribution is 0.195. The molecule has 0 spiro atoms. The van der Waals surface area contributed by atoms with Crippen molar-refractivity contribution in [3.8, 4) is 0 Å². The molecule has 1 aliphatic rings. The molecule has 0 bridgehead atoms. The maximum absolute atomic E-state index is 5.56. The molecule has 1 atom stereocenters. The number of fused-ring (bicyclic) bond motifs is 2. The Morgan fingerprint density at radius 2 is 1.41 bits per heavy atom. The summed E-state index contributed by atoms with van der Waals surface area (Å²) in [4.78, 5) is 4.26. The first kappa shape index (κ1) is 29.4. The second-order valence-electron chi connectivity index (χ2n) is 11.8. The van der Waals surface area contributed by atoms with Gasteiger partial charge in [0, 0.05) is 59.4 Å². The highest BCUT2D eigenvalue weighted by atomic mass is 16.5. The molecular weight excluding hydrogens is 580 g/mol. The minimum absolute atomic E-state index is 0.248. The van der Waals surface area contributed by atoms with E-state index in [0.717, 1.165) is 65.4 Å². The van der Waals surface area contributed by atoms with Gasteiger partial charge in [-0.25, -0.2) is 0 Å². The molecule has 2 N–H and O–H groups in total. The van der Waals surface area contributed by atoms with Crippen molar-refractivity contribution in [1.29, 1.82) is 0 Å². The SMILES string of the molecule is CNc1cc(N(C)Cc2ccccc2)nn2c(Cc3ccc(CN(C)c4cc(NC5CCOC5)c5nnc(C)n5n4)cc3)nnc12. The molecule has 46 heavy (non-hydrogen) atoms. The van der Waals surface area contributed by atoms with Crippen LogP contribution in [0.2, 0.25) is 0 Å². The molecule has 1 unspecified atom stereocenters. The maximum Gasteiger partial charge on any atom is 0.201 e. The number of nitrogens with zero attached hydrogens (tertiary/aromatic N) is 10. The molecule has 5 heterocycles. The van der Waals surface area contributed by atoms with Crippen LogP contribution in [-0.2, 0) is 24.2 Å². The number of nitrogens with one attached hydrogen (secondary N) is 2. The third kappa shape index (κ3) is 6.01. The Hall–Kier alpha value is -5.30. The van der Waals surface area contributed by atoms with Gasteiger partial charge in [-0.1, -0.05) is 54.6 Å². The van der Waals surface area contributed by atoms with E-state index in [1.165, 1.54) is 11.1 Å². The zero-order chi connectivity index (χ0) is 31.6. The first-order valence-corrected chi connectivity index (χ1v) is 15.5. The first-order chi connectivity index (χ1) is 22.4. The van der Waals surface area contributed by atoms with Gasteiger partial charge in [0.25, 0.3) is 0 Å². The Balaban J connectivity index is 1.08. The van der Waals surface area contributed by atoms with Crippen molar-refractivity contribution in [2.45, 2.75) is 38.9 Å². The average molecular weight is 619 g/mol. The van der Waals surface area contributed by atoms with E-state index in [4.69, 9.17) is 14.9 Å². The first-order valence-electron chi connectivity index (χ1n) is 15.5. The number of aryl methyl sites for hydroxylation is 1. The van der Waals surface area contributed by atoms with E-state index >= 15 is 0 Å². The number of ether oxygens (including phenoxy) is 1. The van der Waals surface area contributed by atoms with Crippen LogP contribution in [0.15, 0.2) is 66.7 Å². The van der Waals surface area contributed by atoms with Gasteiger partial charge in [-0.05, 0) is 30.0 Å². The van der Waals surface area contributed by atoms with Crippen LogP contribution < -0.4 is 20.4 Å². The molecule has 236 valence electrons. The summed E-state index contributed by atoms with van der Waals surface area (Å²) in [5.41, 5.74) is 6.72. The Kier molecular flexibility index (Phi) is 8.06. The van der Waals surface area contributed by atoms with E-state index in [1.807, 2.05) is 50.8 Å². The molecule has 0 amide bonds. The lowest BCUT2D eigenvalue weighted by Crippen LogP contribution is -2.22. The van der Waals surface area contributed by atoms with Crippen molar-refractivity contribution in [2.24, 2.45) is 0 Å². The minimum Gasteiger partial charge on any atom is -0.385 e. The summed E-state index contributed by atoms with van der Waals surface area (Å²) in [6, 6.07) is 23.3. The molecule has 0 aliphatic carbocycles. The maximum atomic E-state index is 5.56. The van der Waals surface area contributed by atoms with Crippen molar-refractivity contribution in [2.75, 3.05) is 54.8 Å². The highest BCUT2D eigenvalue weighted by molar-refractivity contribution is 5.71. The number of hydrogen-bond acceptors (Lipinski definition) is 11. The molecule has 4 aromatic heterocycles. The number of aromatic nitrogens is 8. The highest BCUT2D eigenvalue weighted by Gasteiger charge is 2.20. The van der Waals surface area contributed by atoms with Gasteiger partial charge in [0.2, 0.25) is 11.3 Å². The van der Waals surface area contributed by atoms with Crippen LogP contribution in [0.25, 0.3) is 11.3 Å². The molecule has 13 nitrogen and oxygen atoms in total. The predicted molar refractivity (Wildman–Crippen MR) is 179 cm³/mol. The van der Waals surface area contributed by atoms with Gasteiger partial charge < -0.3 is 25.2 Å². The Labute approximate surface area is 267 Å². The fourth-order valence-corrected chi connectivity index (χ4v) is 5.76. The zero-order valence-electron chi connectivity index (χ0n) is 26.6. The van der Waals surface area contributed by atoms with Gasteiger partial charge in [0.15, 0.2) is 23.3 Å². The van der Waals surface area contributed by atoms with Crippen LogP contribution in [0.1, 0.15) is 34.8 Å². The standard InChI is InChI=1S/C33H38N12O/c1-22-36-38-33-28(35-26-14-15-46-21-26)18-31(40-44(22)33)43(4)20-25-12-10-23(11-13-25)16-29-37-39-32-27(34-2)17-30(41-45(29)32)42(3)19-24-8-6-5-7-9-24/h5-13,17-18,26,34-35H,14-16,19-21H2,1-4H3. The quantitative estimate of drug-likeness (QED) is 0.219. The van der Waals surface area contributed by atoms with Gasteiger partial charge in [0.05, 0.1) is 24.0 Å². The fourth-order valence-electron chi connectivity index (χ4n) is 5.76. The third-order valence-electron chi connectivity index (χ3n) is 8.34. The van der Waals surface area contributed by atoms with Gasteiger partial charge in [-0.3, -0.25) is 0 Å². The summed E-state index contributed by atoms with van der Waals surface area (Å²) in [5.74, 6) is 3.19. The molecule has 13 heteroatoms. The van der Waals surface area contributed by atoms with Gasteiger partial charge in [-0.2, -0.15) is 9.03 Å². The number of hydrogen-bond donors (Lipinski definition) is 2. The number of rotatable bonds is 11. The summed E-state index contributed by atoms with van der Waals surface area (Å²) >= 11 is 0. The van der Waals surface area contributed by atoms with Crippen molar-refractivity contribution in [3.63, 3.8) is 0 Å². The third-order valence-corrected chi connectivity index (χ3v) is 8.34. The molecule has 1 saturated heterocycles. The minimum atomic E-state index is 0.248. The van der Waals surface area contributed by atoms with E-state index in [2.05, 4.69) is 89.4 Å². The van der Waals surface area contributed by atoms with Crippen molar-refractivity contribution >= 4 is 34.3 Å². The van der Waals surface area contributed by atoms with E-state index in [-0.39, 0.29) is 6.04 Å². The summed E-state index contributed by atoms with van der Waals surface area (Å²) in [5, 5.41) is 34.2. The van der Waals surface area contributed by atoms with Crippen molar-refractivity contribution < 1.29 is 4.74 Å². The molecule has 0 saturated carbocycles. The zero-order valence-corrected chi connectivity index (χ0v) is 26.6. The molecule has 1 aliphatic heterocycles. The predicted octanol–water partition coefficient (Wildman–Crippen LogP) is 3.98. The molecular formula is C33H38N12O. The second kappa shape index (κ2) is 12.6. The van der Waals surface area contributed by atoms with Crippen molar-refractivity contribution in [1.82, 2.24) is 39.6 Å². The fraction of sp³-hybridized carbons (Fsp3) is 0.333. The van der Waals surface area contributed by atoms with E-state index in [9.17, 15) is 0 Å². The van der Waals surface area contributed by atoms with Crippen LogP contribution in [0, 0.1) is 6.92 Å². The monoisotopic (exact) mass is 618 g/mol. The summed E-state index contributed by atoms with van der Waals surface area (Å²) in [6.45, 7) is 4.79. The average Bonchev–Trinajstić information content (AvgIpc) is 3.83. The lowest BCUT2D eigenvalue weighted by atomic mass is 10.1. The number of anilines is 4. The second-order valence-corrected chi connectivity index (χ2v) is 11.8. The highest BCUT2D eigenvalue weighted by Crippen LogP contribution is 2.26. The van der Waals surface area contributed by atoms with Crippen molar-refractivity contribution in [3.05, 3.63) is 95.1 Å². The number of benzene rings is 2. The lowest BCUT2D eigenvalue weighted by Gasteiger charge is -2.21. The van der Waals surface area contributed by atoms with Gasteiger partial charge in [-0.15, -0.1) is 30.6 Å². The molecule has 7 rings (SSSR count). The van der Waals surface area contributed by atoms with E-state index in [0.29, 0.717) is 25.2 Å². The van der Waals surface area contributed by atoms with Crippen LogP contribution in [0.5, 0.6) is 0 Å². The van der Waals surface area contributed by atoms with Crippen LogP contribution in [-0.4, -0.2) is 80.0 Å². The summed E-state index contributed by atoms with van der Waals surface area (Å²) < 4.78 is 9.21. The summed E-state index contributed by atoms with van der Waals surface area (Å²) in [6.07, 6.45) is 1.56. The molecule has 1 fully saturated rings. The summed E-state index contributed by atoms with van der Waals surface area (Å²) in [7, 11) is 5.98.